The molecule has 110 valence electrons. The number of aromatic nitrogens is 1. The third-order valence-corrected chi connectivity index (χ3v) is 5.77. The van der Waals surface area contributed by atoms with Gasteiger partial charge < -0.3 is 10.3 Å². The Kier molecular flexibility index (Phi) is 3.21. The summed E-state index contributed by atoms with van der Waals surface area (Å²) < 4.78 is 12.4. The zero-order chi connectivity index (χ0) is 14.6. The van der Waals surface area contributed by atoms with Crippen LogP contribution in [0.25, 0.3) is 10.8 Å². The number of nitrogens with zero attached hydrogens (tertiary/aromatic N) is 1. The van der Waals surface area contributed by atoms with E-state index in [1.165, 1.54) is 24.0 Å². The van der Waals surface area contributed by atoms with Crippen LogP contribution in [0.15, 0.2) is 23.2 Å². The number of fused-ring (bicyclic) bond motifs is 2. The first-order valence-corrected chi connectivity index (χ1v) is 9.22. The molecule has 21 heavy (non-hydrogen) atoms. The molecule has 1 aromatic carbocycles. The van der Waals surface area contributed by atoms with Crippen molar-refractivity contribution in [1.29, 1.82) is 0 Å². The minimum Gasteiger partial charge on any atom is -0.612 e. The summed E-state index contributed by atoms with van der Waals surface area (Å²) in [7, 11) is 0. The number of rotatable bonds is 2. The van der Waals surface area contributed by atoms with Crippen molar-refractivity contribution in [2.24, 2.45) is 5.73 Å². The van der Waals surface area contributed by atoms with E-state index in [9.17, 15) is 4.55 Å². The van der Waals surface area contributed by atoms with Gasteiger partial charge in [-0.15, -0.1) is 0 Å². The van der Waals surface area contributed by atoms with E-state index in [4.69, 9.17) is 5.73 Å². The van der Waals surface area contributed by atoms with Crippen LogP contribution in [0.3, 0.4) is 0 Å². The summed E-state index contributed by atoms with van der Waals surface area (Å²) in [5.74, 6) is 0.617. The van der Waals surface area contributed by atoms with Crippen molar-refractivity contribution in [1.82, 2.24) is 4.98 Å². The molecule has 0 unspecified atom stereocenters. The summed E-state index contributed by atoms with van der Waals surface area (Å²) in [6.45, 7) is 0. The first-order valence-electron chi connectivity index (χ1n) is 7.67. The molecule has 2 aromatic rings. The number of benzene rings is 1. The van der Waals surface area contributed by atoms with Crippen molar-refractivity contribution in [3.8, 4) is 0 Å². The van der Waals surface area contributed by atoms with Crippen molar-refractivity contribution in [3.05, 3.63) is 35.2 Å². The van der Waals surface area contributed by atoms with Crippen molar-refractivity contribution in [2.75, 3.05) is 6.26 Å². The summed E-state index contributed by atoms with van der Waals surface area (Å²) in [6.07, 6.45) is 9.07. The third-order valence-electron chi connectivity index (χ3n) is 4.73. The van der Waals surface area contributed by atoms with Gasteiger partial charge in [-0.1, -0.05) is 0 Å². The maximum atomic E-state index is 12.4. The van der Waals surface area contributed by atoms with Gasteiger partial charge in [0.15, 0.2) is 4.90 Å². The minimum absolute atomic E-state index is 0.196. The van der Waals surface area contributed by atoms with Crippen LogP contribution < -0.4 is 5.73 Å². The van der Waals surface area contributed by atoms with Crippen LogP contribution >= 0.6 is 0 Å². The topological polar surface area (TPSA) is 62.0 Å². The average molecular weight is 300 g/mol. The molecular formula is C17H20N2OS. The molecule has 0 spiro atoms. The lowest BCUT2D eigenvalue weighted by Crippen LogP contribution is -2.29. The second-order valence-electron chi connectivity index (χ2n) is 6.40. The predicted molar refractivity (Wildman–Crippen MR) is 86.1 cm³/mol. The van der Waals surface area contributed by atoms with Gasteiger partial charge in [-0.05, 0) is 61.0 Å². The van der Waals surface area contributed by atoms with E-state index in [1.54, 1.807) is 6.26 Å². The van der Waals surface area contributed by atoms with E-state index in [0.717, 1.165) is 40.6 Å². The lowest BCUT2D eigenvalue weighted by Gasteiger charge is -2.25. The molecule has 0 saturated heterocycles. The van der Waals surface area contributed by atoms with Crippen molar-refractivity contribution >= 4 is 21.9 Å². The predicted octanol–water partition coefficient (Wildman–Crippen LogP) is 2.67. The van der Waals surface area contributed by atoms with Crippen LogP contribution in [0.2, 0.25) is 0 Å². The molecule has 1 saturated carbocycles. The van der Waals surface area contributed by atoms with E-state index >= 15 is 0 Å². The monoisotopic (exact) mass is 300 g/mol. The fourth-order valence-corrected chi connectivity index (χ4v) is 4.51. The highest BCUT2D eigenvalue weighted by atomic mass is 32.2. The lowest BCUT2D eigenvalue weighted by atomic mass is 9.87. The Morgan fingerprint density at radius 2 is 2.10 bits per heavy atom. The molecule has 0 aliphatic heterocycles. The maximum absolute atomic E-state index is 12.4. The van der Waals surface area contributed by atoms with Crippen LogP contribution in [0.5, 0.6) is 0 Å². The molecule has 0 bridgehead atoms. The highest BCUT2D eigenvalue weighted by molar-refractivity contribution is 7.91. The number of hydrogen-bond donors (Lipinski definition) is 1. The van der Waals surface area contributed by atoms with Crippen LogP contribution in [0, 0.1) is 0 Å². The molecule has 2 aliphatic carbocycles. The van der Waals surface area contributed by atoms with Gasteiger partial charge in [0.25, 0.3) is 0 Å². The molecule has 4 rings (SSSR count). The van der Waals surface area contributed by atoms with Gasteiger partial charge in [0.05, 0.1) is 0 Å². The molecule has 4 heteroatoms. The van der Waals surface area contributed by atoms with Gasteiger partial charge in [0.1, 0.15) is 6.26 Å². The normalized spacial score (nSPS) is 23.1. The molecule has 2 atom stereocenters. The Hall–Kier alpha value is -1.10. The van der Waals surface area contributed by atoms with Gasteiger partial charge in [-0.2, -0.15) is 0 Å². The summed E-state index contributed by atoms with van der Waals surface area (Å²) in [5.41, 5.74) is 9.85. The van der Waals surface area contributed by atoms with Crippen LogP contribution in [-0.2, 0) is 24.0 Å². The Bertz CT molecular complexity index is 709. The molecule has 0 radical (unpaired) electrons. The first-order chi connectivity index (χ1) is 10.1. The summed E-state index contributed by atoms with van der Waals surface area (Å²) in [5, 5.41) is 2.25. The van der Waals surface area contributed by atoms with Gasteiger partial charge in [-0.3, -0.25) is 4.98 Å². The van der Waals surface area contributed by atoms with Crippen LogP contribution in [0.1, 0.15) is 42.0 Å². The zero-order valence-corrected chi connectivity index (χ0v) is 13.1. The average Bonchev–Trinajstić information content (AvgIpc) is 3.28. The van der Waals surface area contributed by atoms with Crippen molar-refractivity contribution < 1.29 is 4.55 Å². The summed E-state index contributed by atoms with van der Waals surface area (Å²) in [4.78, 5) is 5.61. The SMILES string of the molecule is C[S@+]([O-])c1c2c(cc3cnc(C4CC4)cc13)CC[C@H](N)C2. The highest BCUT2D eigenvalue weighted by Gasteiger charge is 2.29. The Balaban J connectivity index is 1.97. The molecular weight excluding hydrogens is 280 g/mol. The van der Waals surface area contributed by atoms with Crippen molar-refractivity contribution in [2.45, 2.75) is 49.0 Å². The Morgan fingerprint density at radius 3 is 2.81 bits per heavy atom. The number of hydrogen-bond acceptors (Lipinski definition) is 3. The smallest absolute Gasteiger partial charge is 0.163 e. The third kappa shape index (κ3) is 2.35. The Labute approximate surface area is 128 Å². The maximum Gasteiger partial charge on any atom is 0.163 e. The number of nitrogens with two attached hydrogens (primary N) is 1. The second-order valence-corrected chi connectivity index (χ2v) is 7.72. The summed E-state index contributed by atoms with van der Waals surface area (Å²) in [6, 6.07) is 4.60. The Morgan fingerprint density at radius 1 is 1.29 bits per heavy atom. The van der Waals surface area contributed by atoms with Crippen molar-refractivity contribution in [3.63, 3.8) is 0 Å². The fraction of sp³-hybridized carbons (Fsp3) is 0.471. The minimum atomic E-state index is -0.992. The highest BCUT2D eigenvalue weighted by Crippen LogP contribution is 2.41. The number of pyridine rings is 1. The second kappa shape index (κ2) is 4.97. The van der Waals surface area contributed by atoms with E-state index in [2.05, 4.69) is 17.1 Å². The molecule has 2 N–H and O–H groups in total. The standard InChI is InChI=1S/C17H20N2OS/c1-21(20)17-14-7-13(18)5-4-11(14)6-12-9-19-16(8-15(12)17)10-2-3-10/h6,8-10,13H,2-5,7,18H2,1H3/t13-,21-/m0/s1. The van der Waals surface area contributed by atoms with Gasteiger partial charge >= 0.3 is 0 Å². The van der Waals surface area contributed by atoms with Gasteiger partial charge in [0.2, 0.25) is 0 Å². The molecule has 1 heterocycles. The molecule has 2 aliphatic rings. The number of aryl methyl sites for hydroxylation is 1. The quantitative estimate of drug-likeness (QED) is 0.867. The molecule has 1 fully saturated rings. The summed E-state index contributed by atoms with van der Waals surface area (Å²) >= 11 is -0.992. The largest absolute Gasteiger partial charge is 0.612 e. The van der Waals surface area contributed by atoms with E-state index < -0.39 is 11.2 Å². The lowest BCUT2D eigenvalue weighted by molar-refractivity contribution is 0.565. The van der Waals surface area contributed by atoms with Crippen LogP contribution in [0.4, 0.5) is 0 Å². The van der Waals surface area contributed by atoms with Gasteiger partial charge in [0, 0.05) is 40.2 Å². The molecule has 0 amide bonds. The van der Waals surface area contributed by atoms with E-state index in [1.807, 2.05) is 6.20 Å². The fourth-order valence-electron chi connectivity index (χ4n) is 3.46. The van der Waals surface area contributed by atoms with Crippen LogP contribution in [-0.4, -0.2) is 21.8 Å². The molecule has 1 aromatic heterocycles. The van der Waals surface area contributed by atoms with Gasteiger partial charge in [-0.25, -0.2) is 0 Å². The first kappa shape index (κ1) is 13.6. The van der Waals surface area contributed by atoms with E-state index in [0.29, 0.717) is 5.92 Å². The zero-order valence-electron chi connectivity index (χ0n) is 12.3. The molecule has 3 nitrogen and oxygen atoms in total. The van der Waals surface area contributed by atoms with E-state index in [-0.39, 0.29) is 6.04 Å².